The van der Waals surface area contributed by atoms with Crippen LogP contribution in [0.5, 0.6) is 0 Å². The Balaban J connectivity index is 2.01. The minimum atomic E-state index is -0.271. The third kappa shape index (κ3) is 2.42. The van der Waals surface area contributed by atoms with Crippen LogP contribution in [0.4, 0.5) is 0 Å². The Morgan fingerprint density at radius 3 is 2.78 bits per heavy atom. The van der Waals surface area contributed by atoms with Gasteiger partial charge in [0.05, 0.1) is 13.0 Å². The van der Waals surface area contributed by atoms with E-state index in [1.54, 1.807) is 4.90 Å². The molecule has 1 fully saturated rings. The van der Waals surface area contributed by atoms with Crippen molar-refractivity contribution in [1.82, 2.24) is 4.90 Å². The number of hydrogen-bond donors (Lipinski definition) is 0. The number of carbonyl (C=O) groups excluding carboxylic acids is 2. The molecule has 2 atom stereocenters. The fourth-order valence-corrected chi connectivity index (χ4v) is 2.23. The van der Waals surface area contributed by atoms with Gasteiger partial charge in [0.15, 0.2) is 0 Å². The molecule has 2 unspecified atom stereocenters. The van der Waals surface area contributed by atoms with E-state index in [1.165, 1.54) is 13.4 Å². The van der Waals surface area contributed by atoms with Gasteiger partial charge in [0.1, 0.15) is 19.5 Å². The maximum Gasteiger partial charge on any atom is 0.310 e. The minimum Gasteiger partial charge on any atom is -0.494 e. The quantitative estimate of drug-likeness (QED) is 0.657. The van der Waals surface area contributed by atoms with Gasteiger partial charge in [-0.1, -0.05) is 6.92 Å². The van der Waals surface area contributed by atoms with E-state index >= 15 is 0 Å². The lowest BCUT2D eigenvalue weighted by atomic mass is 9.99. The third-order valence-corrected chi connectivity index (χ3v) is 3.26. The van der Waals surface area contributed by atoms with Crippen molar-refractivity contribution >= 4 is 11.9 Å². The van der Waals surface area contributed by atoms with Gasteiger partial charge in [0.2, 0.25) is 5.76 Å². The molecule has 2 aliphatic heterocycles. The molecule has 0 bridgehead atoms. The van der Waals surface area contributed by atoms with Crippen molar-refractivity contribution in [2.24, 2.45) is 11.8 Å². The molecule has 6 nitrogen and oxygen atoms in total. The Bertz CT molecular complexity index is 379. The first-order valence-electron chi connectivity index (χ1n) is 5.95. The van der Waals surface area contributed by atoms with Gasteiger partial charge in [-0.2, -0.15) is 0 Å². The van der Waals surface area contributed by atoms with Crippen molar-refractivity contribution < 1.29 is 23.8 Å². The molecule has 2 aliphatic rings. The SMILES string of the molecule is COC(=O)C1CN(C(=O)C2=COCCO2)CC1C. The van der Waals surface area contributed by atoms with E-state index in [1.807, 2.05) is 6.92 Å². The molecule has 0 N–H and O–H groups in total. The summed E-state index contributed by atoms with van der Waals surface area (Å²) in [6, 6.07) is 0. The van der Waals surface area contributed by atoms with Crippen LogP contribution in [0.25, 0.3) is 0 Å². The van der Waals surface area contributed by atoms with Crippen LogP contribution in [0.1, 0.15) is 6.92 Å². The Morgan fingerprint density at radius 1 is 1.39 bits per heavy atom. The largest absolute Gasteiger partial charge is 0.494 e. The zero-order chi connectivity index (χ0) is 13.1. The predicted octanol–water partition coefficient (Wildman–Crippen LogP) is 0.142. The maximum atomic E-state index is 12.1. The van der Waals surface area contributed by atoms with E-state index in [9.17, 15) is 9.59 Å². The number of carbonyl (C=O) groups is 2. The molecule has 2 rings (SSSR count). The van der Waals surface area contributed by atoms with Crippen LogP contribution in [0.2, 0.25) is 0 Å². The number of nitrogens with zero attached hydrogens (tertiary/aromatic N) is 1. The lowest BCUT2D eigenvalue weighted by Gasteiger charge is -2.20. The van der Waals surface area contributed by atoms with E-state index in [0.717, 1.165) is 0 Å². The standard InChI is InChI=1S/C12H17NO5/c1-8-5-13(6-9(8)12(15)16-2)11(14)10-7-17-3-4-18-10/h7-9H,3-6H2,1-2H3. The molecule has 0 aromatic heterocycles. The number of esters is 1. The summed E-state index contributed by atoms with van der Waals surface area (Å²) in [5.41, 5.74) is 0. The van der Waals surface area contributed by atoms with Gasteiger partial charge in [0, 0.05) is 13.1 Å². The second-order valence-corrected chi connectivity index (χ2v) is 4.52. The molecular weight excluding hydrogens is 238 g/mol. The number of hydrogen-bond acceptors (Lipinski definition) is 5. The van der Waals surface area contributed by atoms with Crippen LogP contribution in [0.3, 0.4) is 0 Å². The van der Waals surface area contributed by atoms with Crippen LogP contribution in [-0.4, -0.2) is 50.2 Å². The zero-order valence-corrected chi connectivity index (χ0v) is 10.5. The molecule has 0 spiro atoms. The van der Waals surface area contributed by atoms with Gasteiger partial charge in [-0.3, -0.25) is 9.59 Å². The average molecular weight is 255 g/mol. The van der Waals surface area contributed by atoms with Crippen LogP contribution in [-0.2, 0) is 23.8 Å². The fraction of sp³-hybridized carbons (Fsp3) is 0.667. The summed E-state index contributed by atoms with van der Waals surface area (Å²) in [7, 11) is 1.36. The summed E-state index contributed by atoms with van der Waals surface area (Å²) in [4.78, 5) is 25.2. The van der Waals surface area contributed by atoms with Gasteiger partial charge in [-0.05, 0) is 5.92 Å². The van der Waals surface area contributed by atoms with Crippen LogP contribution < -0.4 is 0 Å². The highest BCUT2D eigenvalue weighted by Gasteiger charge is 2.39. The summed E-state index contributed by atoms with van der Waals surface area (Å²) >= 11 is 0. The van der Waals surface area contributed by atoms with Crippen LogP contribution in [0, 0.1) is 11.8 Å². The van der Waals surface area contributed by atoms with Crippen LogP contribution in [0.15, 0.2) is 12.0 Å². The van der Waals surface area contributed by atoms with Crippen molar-refractivity contribution in [2.75, 3.05) is 33.4 Å². The Labute approximate surface area is 105 Å². The zero-order valence-electron chi connectivity index (χ0n) is 10.5. The van der Waals surface area contributed by atoms with Gasteiger partial charge in [0.25, 0.3) is 5.91 Å². The highest BCUT2D eigenvalue weighted by atomic mass is 16.6. The van der Waals surface area contributed by atoms with Crippen molar-refractivity contribution in [1.29, 1.82) is 0 Å². The van der Waals surface area contributed by atoms with Gasteiger partial charge in [-0.15, -0.1) is 0 Å². The predicted molar refractivity (Wildman–Crippen MR) is 61.2 cm³/mol. The molecule has 18 heavy (non-hydrogen) atoms. The number of likely N-dealkylation sites (tertiary alicyclic amines) is 1. The van der Waals surface area contributed by atoms with Crippen molar-refractivity contribution in [3.63, 3.8) is 0 Å². The average Bonchev–Trinajstić information content (AvgIpc) is 2.80. The monoisotopic (exact) mass is 255 g/mol. The molecule has 1 amide bonds. The molecule has 0 radical (unpaired) electrons. The Hall–Kier alpha value is -1.72. The normalized spacial score (nSPS) is 27.0. The maximum absolute atomic E-state index is 12.1. The molecule has 2 heterocycles. The van der Waals surface area contributed by atoms with Gasteiger partial charge >= 0.3 is 5.97 Å². The summed E-state index contributed by atoms with van der Waals surface area (Å²) < 4.78 is 15.0. The lowest BCUT2D eigenvalue weighted by Crippen LogP contribution is -2.33. The Kier molecular flexibility index (Phi) is 3.74. The molecule has 100 valence electrons. The van der Waals surface area contributed by atoms with Gasteiger partial charge < -0.3 is 19.1 Å². The second kappa shape index (κ2) is 5.29. The molecule has 0 aromatic rings. The van der Waals surface area contributed by atoms with E-state index in [2.05, 4.69) is 0 Å². The van der Waals surface area contributed by atoms with Crippen molar-refractivity contribution in [3.8, 4) is 0 Å². The first kappa shape index (κ1) is 12.7. The third-order valence-electron chi connectivity index (χ3n) is 3.26. The number of ether oxygens (including phenoxy) is 3. The first-order chi connectivity index (χ1) is 8.63. The lowest BCUT2D eigenvalue weighted by molar-refractivity contribution is -0.146. The summed E-state index contributed by atoms with van der Waals surface area (Å²) in [5.74, 6) is -0.463. The number of methoxy groups -OCH3 is 1. The Morgan fingerprint density at radius 2 is 2.17 bits per heavy atom. The van der Waals surface area contributed by atoms with Crippen molar-refractivity contribution in [3.05, 3.63) is 12.0 Å². The van der Waals surface area contributed by atoms with Crippen molar-refractivity contribution in [2.45, 2.75) is 6.92 Å². The number of amides is 1. The second-order valence-electron chi connectivity index (χ2n) is 4.52. The van der Waals surface area contributed by atoms with Gasteiger partial charge in [-0.25, -0.2) is 0 Å². The summed E-state index contributed by atoms with van der Waals surface area (Å²) in [6.07, 6.45) is 1.34. The van der Waals surface area contributed by atoms with E-state index in [0.29, 0.717) is 26.3 Å². The smallest absolute Gasteiger partial charge is 0.310 e. The fourth-order valence-electron chi connectivity index (χ4n) is 2.23. The molecule has 0 aliphatic carbocycles. The molecule has 0 saturated carbocycles. The first-order valence-corrected chi connectivity index (χ1v) is 5.95. The summed E-state index contributed by atoms with van der Waals surface area (Å²) in [5, 5.41) is 0. The highest BCUT2D eigenvalue weighted by Crippen LogP contribution is 2.25. The minimum absolute atomic E-state index is 0.0894. The van der Waals surface area contributed by atoms with E-state index in [-0.39, 0.29) is 29.5 Å². The topological polar surface area (TPSA) is 65.1 Å². The van der Waals surface area contributed by atoms with Crippen LogP contribution >= 0.6 is 0 Å². The van der Waals surface area contributed by atoms with E-state index in [4.69, 9.17) is 14.2 Å². The summed E-state index contributed by atoms with van der Waals surface area (Å²) in [6.45, 7) is 3.66. The van der Waals surface area contributed by atoms with E-state index < -0.39 is 0 Å². The highest BCUT2D eigenvalue weighted by molar-refractivity contribution is 5.92. The molecule has 1 saturated heterocycles. The molecule has 6 heteroatoms. The molecule has 0 aromatic carbocycles. The number of rotatable bonds is 2. The molecular formula is C12H17NO5.